The van der Waals surface area contributed by atoms with Crippen molar-refractivity contribution >= 4 is 30.0 Å². The van der Waals surface area contributed by atoms with Gasteiger partial charge in [0.05, 0.1) is 19.6 Å². The molecule has 326 valence electrons. The average molecular weight is 824 g/mol. The van der Waals surface area contributed by atoms with Crippen molar-refractivity contribution < 1.29 is 48.0 Å². The minimum atomic E-state index is -1.33. The van der Waals surface area contributed by atoms with Gasteiger partial charge in [-0.2, -0.15) is 0 Å². The lowest BCUT2D eigenvalue weighted by molar-refractivity contribution is -0.158. The maximum Gasteiger partial charge on any atom is 0.407 e. The van der Waals surface area contributed by atoms with Gasteiger partial charge < -0.3 is 29.4 Å². The lowest BCUT2D eigenvalue weighted by Gasteiger charge is -2.35. The van der Waals surface area contributed by atoms with Crippen LogP contribution in [0.4, 0.5) is 4.79 Å². The average Bonchev–Trinajstić information content (AvgIpc) is 3.42. The van der Waals surface area contributed by atoms with Crippen molar-refractivity contribution in [2.45, 2.75) is 91.1 Å². The van der Waals surface area contributed by atoms with Crippen LogP contribution in [0, 0.1) is 0 Å². The van der Waals surface area contributed by atoms with Crippen molar-refractivity contribution in [2.24, 2.45) is 0 Å². The van der Waals surface area contributed by atoms with Gasteiger partial charge >= 0.3 is 30.0 Å². The van der Waals surface area contributed by atoms with Crippen LogP contribution in [0.15, 0.2) is 48.5 Å². The van der Waals surface area contributed by atoms with E-state index in [2.05, 4.69) is 5.32 Å². The standard InChI is InChI=1S/C44H65N5O10/c1-42(2,3)57-37(50)27-47-20-18-46(19-21-48(28-38(51)58-43(4,5)6)23-25-49(24-22-47)29-39(52)59-44(7,8)9)26-36(40(53)54)45-41(55)56-30-35-33-16-12-10-14-31(33)32-15-11-13-17-34(32)35/h10-17,35-36H,18-30H2,1-9H3,(H,45,55)(H,53,54). The molecule has 1 aliphatic heterocycles. The Balaban J connectivity index is 1.52. The lowest BCUT2D eigenvalue weighted by atomic mass is 9.98. The van der Waals surface area contributed by atoms with E-state index in [4.69, 9.17) is 18.9 Å². The van der Waals surface area contributed by atoms with Gasteiger partial charge in [0.15, 0.2) is 0 Å². The third-order valence-electron chi connectivity index (χ3n) is 9.62. The quantitative estimate of drug-likeness (QED) is 0.231. The number of nitrogens with zero attached hydrogens (tertiary/aromatic N) is 4. The smallest absolute Gasteiger partial charge is 0.407 e. The SMILES string of the molecule is CC(C)(C)OC(=O)CN1CCN(CC(=O)OC(C)(C)C)CCN(CC(NC(=O)OCC2c3ccccc3-c3ccccc32)C(=O)O)CCN(CC(=O)OC(C)(C)C)CC1. The molecule has 15 nitrogen and oxygen atoms in total. The molecule has 1 unspecified atom stereocenters. The van der Waals surface area contributed by atoms with Crippen molar-refractivity contribution in [2.75, 3.05) is 85.1 Å². The first-order valence-corrected chi connectivity index (χ1v) is 20.4. The Morgan fingerprint density at radius 1 is 0.593 bits per heavy atom. The van der Waals surface area contributed by atoms with Crippen LogP contribution >= 0.6 is 0 Å². The highest BCUT2D eigenvalue weighted by Gasteiger charge is 2.31. The zero-order valence-electron chi connectivity index (χ0n) is 36.4. The Morgan fingerprint density at radius 3 is 1.27 bits per heavy atom. The molecular formula is C44H65N5O10. The monoisotopic (exact) mass is 823 g/mol. The number of ether oxygens (including phenoxy) is 4. The Hall–Kier alpha value is -4.57. The molecule has 0 radical (unpaired) electrons. The number of carbonyl (C=O) groups is 5. The maximum absolute atomic E-state index is 13.3. The molecule has 2 aromatic rings. The number of alkyl carbamates (subject to hydrolysis) is 1. The van der Waals surface area contributed by atoms with E-state index in [0.29, 0.717) is 52.4 Å². The molecule has 0 aromatic heterocycles. The normalized spacial score (nSPS) is 17.4. The Morgan fingerprint density at radius 2 is 0.932 bits per heavy atom. The predicted octanol–water partition coefficient (Wildman–Crippen LogP) is 4.23. The Kier molecular flexibility index (Phi) is 16.5. The topological polar surface area (TPSA) is 167 Å². The summed E-state index contributed by atoms with van der Waals surface area (Å²) in [6.45, 7) is 18.9. The highest BCUT2D eigenvalue weighted by Crippen LogP contribution is 2.44. The van der Waals surface area contributed by atoms with Crippen LogP contribution in [0.1, 0.15) is 79.4 Å². The second-order valence-electron chi connectivity index (χ2n) is 18.2. The summed E-state index contributed by atoms with van der Waals surface area (Å²) in [6, 6.07) is 14.6. The molecule has 4 rings (SSSR count). The Labute approximate surface area is 349 Å². The molecule has 1 saturated heterocycles. The number of carboxylic acids is 1. The van der Waals surface area contributed by atoms with Crippen LogP contribution in [-0.2, 0) is 38.1 Å². The van der Waals surface area contributed by atoms with E-state index in [1.165, 1.54) is 0 Å². The molecule has 1 atom stereocenters. The number of rotatable bonds is 12. The van der Waals surface area contributed by atoms with Crippen LogP contribution in [-0.4, -0.2) is 163 Å². The predicted molar refractivity (Wildman–Crippen MR) is 223 cm³/mol. The fraction of sp³-hybridized carbons (Fsp3) is 0.614. The minimum Gasteiger partial charge on any atom is -0.480 e. The number of benzene rings is 2. The first-order chi connectivity index (χ1) is 27.5. The van der Waals surface area contributed by atoms with E-state index in [1.807, 2.05) is 68.1 Å². The molecule has 1 heterocycles. The van der Waals surface area contributed by atoms with E-state index >= 15 is 0 Å². The largest absolute Gasteiger partial charge is 0.480 e. The summed E-state index contributed by atoms with van der Waals surface area (Å²) in [5, 5.41) is 12.9. The number of carbonyl (C=O) groups excluding carboxylic acids is 4. The van der Waals surface area contributed by atoms with Gasteiger partial charge in [0.1, 0.15) is 29.5 Å². The summed E-state index contributed by atoms with van der Waals surface area (Å²) in [7, 11) is 0. The van der Waals surface area contributed by atoms with E-state index in [0.717, 1.165) is 22.3 Å². The van der Waals surface area contributed by atoms with Gasteiger partial charge in [-0.1, -0.05) is 48.5 Å². The third-order valence-corrected chi connectivity index (χ3v) is 9.62. The van der Waals surface area contributed by atoms with Gasteiger partial charge in [0.25, 0.3) is 0 Å². The second kappa shape index (κ2) is 20.6. The number of aliphatic carboxylic acids is 1. The van der Waals surface area contributed by atoms with Crippen LogP contribution in [0.5, 0.6) is 0 Å². The lowest BCUT2D eigenvalue weighted by Crippen LogP contribution is -2.53. The van der Waals surface area contributed by atoms with Crippen molar-refractivity contribution in [3.05, 3.63) is 59.7 Å². The second-order valence-corrected chi connectivity index (χ2v) is 18.2. The molecule has 0 bridgehead atoms. The van der Waals surface area contributed by atoms with Gasteiger partial charge in [-0.25, -0.2) is 9.59 Å². The molecule has 59 heavy (non-hydrogen) atoms. The van der Waals surface area contributed by atoms with Gasteiger partial charge in [-0.3, -0.25) is 34.0 Å². The first-order valence-electron chi connectivity index (χ1n) is 20.4. The van der Waals surface area contributed by atoms with Crippen LogP contribution < -0.4 is 5.32 Å². The van der Waals surface area contributed by atoms with Crippen molar-refractivity contribution in [1.29, 1.82) is 0 Å². The van der Waals surface area contributed by atoms with Gasteiger partial charge in [0, 0.05) is 64.8 Å². The van der Waals surface area contributed by atoms with E-state index in [1.54, 1.807) is 62.3 Å². The van der Waals surface area contributed by atoms with E-state index in [9.17, 15) is 29.1 Å². The van der Waals surface area contributed by atoms with Crippen LogP contribution in [0.3, 0.4) is 0 Å². The molecule has 0 saturated carbocycles. The van der Waals surface area contributed by atoms with Gasteiger partial charge in [-0.05, 0) is 84.6 Å². The third kappa shape index (κ3) is 16.2. The molecule has 2 N–H and O–H groups in total. The van der Waals surface area contributed by atoms with Crippen molar-refractivity contribution in [3.63, 3.8) is 0 Å². The highest BCUT2D eigenvalue weighted by molar-refractivity contribution is 5.81. The molecular weight excluding hydrogens is 759 g/mol. The van der Waals surface area contributed by atoms with E-state index in [-0.39, 0.29) is 38.7 Å². The van der Waals surface area contributed by atoms with Gasteiger partial charge in [0.2, 0.25) is 0 Å². The minimum absolute atomic E-state index is 0.00573. The molecule has 0 spiro atoms. The number of nitrogens with one attached hydrogen (secondary N) is 1. The number of carboxylic acid groups (broad SMARTS) is 1. The fourth-order valence-electron chi connectivity index (χ4n) is 7.13. The zero-order chi connectivity index (χ0) is 43.5. The fourth-order valence-corrected chi connectivity index (χ4v) is 7.13. The van der Waals surface area contributed by atoms with Gasteiger partial charge in [-0.15, -0.1) is 0 Å². The summed E-state index contributed by atoms with van der Waals surface area (Å²) in [4.78, 5) is 72.8. The number of esters is 3. The summed E-state index contributed by atoms with van der Waals surface area (Å²) < 4.78 is 22.6. The molecule has 1 amide bonds. The van der Waals surface area contributed by atoms with Crippen LogP contribution in [0.25, 0.3) is 11.1 Å². The maximum atomic E-state index is 13.3. The summed E-state index contributed by atoms with van der Waals surface area (Å²) in [5.74, 6) is -2.66. The number of amides is 1. The molecule has 2 aromatic carbocycles. The number of fused-ring (bicyclic) bond motifs is 3. The summed E-state index contributed by atoms with van der Waals surface area (Å²) >= 11 is 0. The van der Waals surface area contributed by atoms with Crippen LogP contribution in [0.2, 0.25) is 0 Å². The number of hydrogen-bond acceptors (Lipinski definition) is 13. The Bertz CT molecular complexity index is 1670. The first kappa shape index (κ1) is 47.1. The molecule has 1 fully saturated rings. The number of hydrogen-bond donors (Lipinski definition) is 2. The van der Waals surface area contributed by atoms with Crippen molar-refractivity contribution in [3.8, 4) is 11.1 Å². The highest BCUT2D eigenvalue weighted by atomic mass is 16.6. The molecule has 15 heteroatoms. The summed E-state index contributed by atoms with van der Waals surface area (Å²) in [6.07, 6.45) is -0.850. The van der Waals surface area contributed by atoms with E-state index < -0.39 is 52.8 Å². The zero-order valence-corrected chi connectivity index (χ0v) is 36.4. The molecule has 2 aliphatic rings. The molecule has 1 aliphatic carbocycles. The van der Waals surface area contributed by atoms with Crippen molar-refractivity contribution in [1.82, 2.24) is 24.9 Å². The summed E-state index contributed by atoms with van der Waals surface area (Å²) in [5.41, 5.74) is 2.16.